The fourth-order valence-electron chi connectivity index (χ4n) is 7.76. The first-order valence-electron chi connectivity index (χ1n) is 15.2. The van der Waals surface area contributed by atoms with E-state index in [4.69, 9.17) is 9.47 Å². The zero-order valence-corrected chi connectivity index (χ0v) is 28.6. The van der Waals surface area contributed by atoms with Crippen molar-refractivity contribution in [2.45, 2.75) is 12.8 Å². The zero-order valence-electron chi connectivity index (χ0n) is 25.4. The molecular weight excluding hydrogens is 732 g/mol. The van der Waals surface area contributed by atoms with Gasteiger partial charge in [-0.15, -0.1) is 0 Å². The molecule has 2 saturated heterocycles. The molecule has 0 bridgehead atoms. The van der Waals surface area contributed by atoms with Crippen LogP contribution in [0.2, 0.25) is 0 Å². The van der Waals surface area contributed by atoms with Crippen LogP contribution in [0.25, 0.3) is 6.08 Å². The zero-order chi connectivity index (χ0) is 33.1. The maximum Gasteiger partial charge on any atom is 0.238 e. The molecule has 2 heterocycles. The summed E-state index contributed by atoms with van der Waals surface area (Å²) >= 11 is 6.84. The molecule has 9 nitrogen and oxygen atoms in total. The Labute approximate surface area is 288 Å². The largest absolute Gasteiger partial charge is 0.502 e. The summed E-state index contributed by atoms with van der Waals surface area (Å²) in [6.45, 7) is 0. The maximum absolute atomic E-state index is 14.2. The van der Waals surface area contributed by atoms with Crippen LogP contribution in [-0.2, 0) is 19.2 Å². The number of hydrogen-bond acceptors (Lipinski definition) is 7. The monoisotopic (exact) mass is 760 g/mol. The molecule has 2 aliphatic heterocycles. The number of amides is 4. The Morgan fingerprint density at radius 3 is 1.77 bits per heavy atom. The summed E-state index contributed by atoms with van der Waals surface area (Å²) in [5.74, 6) is -4.35. The number of phenols is 1. The number of nitrogens with zero attached hydrogens (tertiary/aromatic N) is 2. The van der Waals surface area contributed by atoms with Gasteiger partial charge in [-0.25, -0.2) is 0 Å². The highest BCUT2D eigenvalue weighted by atomic mass is 79.9. The third kappa shape index (κ3) is 5.11. The minimum Gasteiger partial charge on any atom is -0.502 e. The Bertz CT molecular complexity index is 1850. The number of fused-ring (bicyclic) bond motifs is 4. The number of aromatic hydroxyl groups is 1. The van der Waals surface area contributed by atoms with Crippen LogP contribution >= 0.6 is 31.9 Å². The molecule has 47 heavy (non-hydrogen) atoms. The van der Waals surface area contributed by atoms with Crippen molar-refractivity contribution in [3.63, 3.8) is 0 Å². The molecule has 3 aromatic carbocycles. The van der Waals surface area contributed by atoms with E-state index in [0.717, 1.165) is 14.5 Å². The molecule has 0 aromatic heterocycles. The van der Waals surface area contributed by atoms with E-state index in [2.05, 4.69) is 31.9 Å². The van der Waals surface area contributed by atoms with E-state index in [1.807, 2.05) is 18.2 Å². The molecule has 0 radical (unpaired) electrons. The van der Waals surface area contributed by atoms with E-state index in [-0.39, 0.29) is 47.3 Å². The van der Waals surface area contributed by atoms with Gasteiger partial charge in [0.05, 0.1) is 49.3 Å². The highest BCUT2D eigenvalue weighted by Gasteiger charge is 2.61. The molecule has 0 unspecified atom stereocenters. The van der Waals surface area contributed by atoms with Crippen molar-refractivity contribution in [1.29, 1.82) is 0 Å². The number of methoxy groups -OCH3 is 2. The molecule has 240 valence electrons. The molecule has 0 spiro atoms. The molecule has 1 saturated carbocycles. The van der Waals surface area contributed by atoms with Crippen LogP contribution in [0.1, 0.15) is 18.4 Å². The lowest BCUT2D eigenvalue weighted by Gasteiger charge is -2.42. The lowest BCUT2D eigenvalue weighted by molar-refractivity contribution is -0.126. The Morgan fingerprint density at radius 1 is 0.723 bits per heavy atom. The number of carbonyl (C=O) groups excluding carboxylic acids is 4. The van der Waals surface area contributed by atoms with Crippen LogP contribution in [0.3, 0.4) is 0 Å². The van der Waals surface area contributed by atoms with Crippen LogP contribution in [0.5, 0.6) is 17.2 Å². The van der Waals surface area contributed by atoms with E-state index >= 15 is 0 Å². The molecule has 11 heteroatoms. The normalized spacial score (nSPS) is 26.8. The number of hydrogen-bond donors (Lipinski definition) is 1. The van der Waals surface area contributed by atoms with Crippen molar-refractivity contribution in [2.75, 3.05) is 24.0 Å². The third-order valence-electron chi connectivity index (χ3n) is 9.87. The Hall–Kier alpha value is -4.22. The van der Waals surface area contributed by atoms with Gasteiger partial charge in [0.2, 0.25) is 29.4 Å². The summed E-state index contributed by atoms with van der Waals surface area (Å²) in [6, 6.07) is 17.4. The van der Waals surface area contributed by atoms with Crippen LogP contribution in [0.15, 0.2) is 87.3 Å². The van der Waals surface area contributed by atoms with Crippen LogP contribution in [-0.4, -0.2) is 43.0 Å². The van der Waals surface area contributed by atoms with Crippen LogP contribution < -0.4 is 19.3 Å². The first kappa shape index (κ1) is 31.4. The molecule has 1 N–H and O–H groups in total. The molecular formula is C36H30Br2N2O7. The molecule has 7 rings (SSSR count). The third-order valence-corrected chi connectivity index (χ3v) is 10.9. The van der Waals surface area contributed by atoms with Crippen molar-refractivity contribution in [2.24, 2.45) is 35.5 Å². The van der Waals surface area contributed by atoms with Crippen molar-refractivity contribution >= 4 is 72.9 Å². The lowest BCUT2D eigenvalue weighted by atomic mass is 9.58. The van der Waals surface area contributed by atoms with Crippen molar-refractivity contribution in [3.8, 4) is 17.2 Å². The van der Waals surface area contributed by atoms with E-state index in [1.54, 1.807) is 60.7 Å². The Morgan fingerprint density at radius 2 is 1.23 bits per heavy atom. The predicted octanol–water partition coefficient (Wildman–Crippen LogP) is 6.53. The summed E-state index contributed by atoms with van der Waals surface area (Å²) in [6.07, 6.45) is 6.36. The number of phenolic OH excluding ortho intramolecular Hbond substituents is 1. The molecule has 3 fully saturated rings. The Kier molecular flexibility index (Phi) is 8.08. The number of benzene rings is 3. The number of carbonyl (C=O) groups is 4. The highest BCUT2D eigenvalue weighted by molar-refractivity contribution is 9.10. The summed E-state index contributed by atoms with van der Waals surface area (Å²) in [5, 5.41) is 10.4. The maximum atomic E-state index is 14.2. The fourth-order valence-corrected chi connectivity index (χ4v) is 8.29. The standard InChI is InChI=1S/C36H30Br2N2O7/c1-46-28-15-18(16-29(47-2)32(28)41)3-12-24-23-13-14-25-31(36(45)39(33(25)42)21-8-4-19(37)5-9-21)26(23)17-27-30(24)35(44)40(34(27)43)22-10-6-20(38)7-11-22/h3-13,15-16,24-27,30-31,41H,14,17H2,1-2H3/t24-,25-,26+,27+,30-,31-/m0/s1. The van der Waals surface area contributed by atoms with E-state index in [0.29, 0.717) is 23.4 Å². The first-order valence-corrected chi connectivity index (χ1v) is 16.8. The van der Waals surface area contributed by atoms with Gasteiger partial charge in [-0.2, -0.15) is 0 Å². The number of ether oxygens (including phenoxy) is 2. The average Bonchev–Trinajstić information content (AvgIpc) is 3.48. The van der Waals surface area contributed by atoms with Gasteiger partial charge in [-0.3, -0.25) is 29.0 Å². The number of allylic oxidation sites excluding steroid dienone is 3. The minimum absolute atomic E-state index is 0.132. The van der Waals surface area contributed by atoms with E-state index < -0.39 is 35.5 Å². The second-order valence-corrected chi connectivity index (χ2v) is 14.0. The summed E-state index contributed by atoms with van der Waals surface area (Å²) in [4.78, 5) is 58.7. The number of imide groups is 2. The SMILES string of the molecule is COc1cc(C=C[C@H]2C3=CC[C@@H]4C(=O)N(c5ccc(Br)cc5)C(=O)[C@@H]4[C@@H]3C[C@H]3C(=O)N(c4ccc(Br)cc4)C(=O)[C@@H]23)cc(OC)c1O. The number of rotatable bonds is 6. The van der Waals surface area contributed by atoms with Crippen LogP contribution in [0.4, 0.5) is 11.4 Å². The minimum atomic E-state index is -0.697. The fraction of sp³-hybridized carbons (Fsp3) is 0.278. The van der Waals surface area contributed by atoms with Gasteiger partial charge in [-0.05, 0) is 85.0 Å². The molecule has 2 aliphatic carbocycles. The van der Waals surface area contributed by atoms with Gasteiger partial charge in [0, 0.05) is 14.9 Å². The van der Waals surface area contributed by atoms with Gasteiger partial charge in [0.1, 0.15) is 0 Å². The first-order chi connectivity index (χ1) is 22.6. The molecule has 3 aromatic rings. The van der Waals surface area contributed by atoms with E-state index in [1.165, 1.54) is 24.0 Å². The molecule has 4 amide bonds. The van der Waals surface area contributed by atoms with Crippen molar-refractivity contribution in [3.05, 3.63) is 92.9 Å². The molecule has 6 atom stereocenters. The summed E-state index contributed by atoms with van der Waals surface area (Å²) in [5.41, 5.74) is 2.53. The number of halogens is 2. The molecule has 4 aliphatic rings. The Balaban J connectivity index is 1.31. The van der Waals surface area contributed by atoms with Crippen molar-refractivity contribution in [1.82, 2.24) is 0 Å². The second kappa shape index (κ2) is 12.1. The van der Waals surface area contributed by atoms with Gasteiger partial charge in [0.15, 0.2) is 11.5 Å². The predicted molar refractivity (Wildman–Crippen MR) is 182 cm³/mol. The second-order valence-electron chi connectivity index (χ2n) is 12.2. The lowest BCUT2D eigenvalue weighted by Crippen LogP contribution is -2.43. The highest BCUT2D eigenvalue weighted by Crippen LogP contribution is 2.56. The van der Waals surface area contributed by atoms with Gasteiger partial charge < -0.3 is 14.6 Å². The summed E-state index contributed by atoms with van der Waals surface area (Å²) in [7, 11) is 2.89. The van der Waals surface area contributed by atoms with Gasteiger partial charge in [-0.1, -0.05) is 55.7 Å². The number of anilines is 2. The smallest absolute Gasteiger partial charge is 0.238 e. The average molecular weight is 762 g/mol. The topological polar surface area (TPSA) is 113 Å². The van der Waals surface area contributed by atoms with Gasteiger partial charge in [0.25, 0.3) is 0 Å². The van der Waals surface area contributed by atoms with E-state index in [9.17, 15) is 24.3 Å². The summed E-state index contributed by atoms with van der Waals surface area (Å²) < 4.78 is 12.3. The van der Waals surface area contributed by atoms with Crippen LogP contribution in [0, 0.1) is 35.5 Å². The van der Waals surface area contributed by atoms with Crippen molar-refractivity contribution < 1.29 is 33.8 Å². The van der Waals surface area contributed by atoms with Gasteiger partial charge >= 0.3 is 0 Å². The quantitative estimate of drug-likeness (QED) is 0.225.